The smallest absolute Gasteiger partial charge is 0 e. The Hall–Kier alpha value is -0.0800. The first-order chi connectivity index (χ1) is 5.31. The van der Waals surface area contributed by atoms with E-state index in [1.807, 2.05) is 13.8 Å². The molecule has 2 heteroatoms. The van der Waals surface area contributed by atoms with E-state index in [0.29, 0.717) is 5.92 Å². The summed E-state index contributed by atoms with van der Waals surface area (Å²) in [7, 11) is 0. The van der Waals surface area contributed by atoms with Crippen molar-refractivity contribution in [3.05, 3.63) is 0 Å². The summed E-state index contributed by atoms with van der Waals surface area (Å²) >= 11 is 0. The Morgan fingerprint density at radius 2 is 2.00 bits per heavy atom. The Balaban J connectivity index is -0.000000249. The molecule has 0 saturated heterocycles. The number of nitrogens with one attached hydrogen (secondary N) is 1. The fourth-order valence-corrected chi connectivity index (χ4v) is 0.609. The molecule has 0 bridgehead atoms. The van der Waals surface area contributed by atoms with Gasteiger partial charge in [0.25, 0.3) is 0 Å². The molecule has 1 atom stereocenters. The molecule has 0 aliphatic heterocycles. The van der Waals surface area contributed by atoms with Crippen LogP contribution < -0.4 is 11.1 Å². The van der Waals surface area contributed by atoms with Crippen LogP contribution in [0.3, 0.4) is 0 Å². The molecule has 0 aromatic carbocycles. The van der Waals surface area contributed by atoms with Gasteiger partial charge in [0, 0.05) is 1.43 Å². The highest BCUT2D eigenvalue weighted by Crippen LogP contribution is 1.86. The molecule has 0 heterocycles. The summed E-state index contributed by atoms with van der Waals surface area (Å²) in [5.74, 6) is 0.622. The van der Waals surface area contributed by atoms with Crippen LogP contribution in [0.1, 0.15) is 35.5 Å². The van der Waals surface area contributed by atoms with Gasteiger partial charge in [-0.05, 0) is 32.0 Å². The summed E-state index contributed by atoms with van der Waals surface area (Å²) in [6, 6.07) is 0. The summed E-state index contributed by atoms with van der Waals surface area (Å²) in [6.45, 7) is 11.3. The van der Waals surface area contributed by atoms with Crippen molar-refractivity contribution in [1.82, 2.24) is 5.32 Å². The van der Waals surface area contributed by atoms with Crippen molar-refractivity contribution in [2.45, 2.75) is 34.1 Å². The molecular formula is C9H26N2. The van der Waals surface area contributed by atoms with Crippen LogP contribution in [0, 0.1) is 5.92 Å². The average Bonchev–Trinajstić information content (AvgIpc) is 2.08. The normalized spacial score (nSPS) is 11.7. The zero-order valence-electron chi connectivity index (χ0n) is 8.48. The molecule has 0 fully saturated rings. The van der Waals surface area contributed by atoms with Crippen molar-refractivity contribution in [3.8, 4) is 0 Å². The molecule has 0 radical (unpaired) electrons. The lowest BCUT2D eigenvalue weighted by atomic mass is 10.2. The second-order valence-corrected chi connectivity index (χ2v) is 2.54. The van der Waals surface area contributed by atoms with Gasteiger partial charge in [-0.2, -0.15) is 0 Å². The third-order valence-corrected chi connectivity index (χ3v) is 1.32. The van der Waals surface area contributed by atoms with Crippen molar-refractivity contribution in [3.63, 3.8) is 0 Å². The van der Waals surface area contributed by atoms with Crippen molar-refractivity contribution >= 4 is 0 Å². The molecule has 0 aliphatic carbocycles. The van der Waals surface area contributed by atoms with Crippen molar-refractivity contribution < 1.29 is 1.43 Å². The van der Waals surface area contributed by atoms with E-state index in [-0.39, 0.29) is 1.43 Å². The van der Waals surface area contributed by atoms with Crippen molar-refractivity contribution in [2.24, 2.45) is 11.7 Å². The summed E-state index contributed by atoms with van der Waals surface area (Å²) in [5.41, 5.74) is 5.41. The van der Waals surface area contributed by atoms with Gasteiger partial charge < -0.3 is 11.1 Å². The van der Waals surface area contributed by atoms with Gasteiger partial charge >= 0.3 is 0 Å². The third-order valence-electron chi connectivity index (χ3n) is 1.32. The van der Waals surface area contributed by atoms with E-state index in [0.717, 1.165) is 19.6 Å². The minimum absolute atomic E-state index is 0. The fourth-order valence-electron chi connectivity index (χ4n) is 0.609. The summed E-state index contributed by atoms with van der Waals surface area (Å²) < 4.78 is 0. The Labute approximate surface area is 73.0 Å². The molecule has 0 aromatic heterocycles. The van der Waals surface area contributed by atoms with Gasteiger partial charge in [-0.25, -0.2) is 0 Å². The van der Waals surface area contributed by atoms with E-state index in [1.54, 1.807) is 0 Å². The molecule has 0 spiro atoms. The highest BCUT2D eigenvalue weighted by molar-refractivity contribution is 4.55. The lowest BCUT2D eigenvalue weighted by molar-refractivity contribution is 0.521. The predicted molar refractivity (Wildman–Crippen MR) is 54.8 cm³/mol. The Morgan fingerprint density at radius 3 is 2.36 bits per heavy atom. The van der Waals surface area contributed by atoms with E-state index in [9.17, 15) is 0 Å². The largest absolute Gasteiger partial charge is 0.330 e. The van der Waals surface area contributed by atoms with Crippen LogP contribution in [-0.2, 0) is 0 Å². The molecule has 3 N–H and O–H groups in total. The van der Waals surface area contributed by atoms with Crippen LogP contribution in [0.5, 0.6) is 0 Å². The van der Waals surface area contributed by atoms with Crippen LogP contribution in [0.15, 0.2) is 0 Å². The summed E-state index contributed by atoms with van der Waals surface area (Å²) in [5, 5.41) is 3.31. The first-order valence-corrected chi connectivity index (χ1v) is 4.72. The number of rotatable bonds is 5. The van der Waals surface area contributed by atoms with E-state index in [4.69, 9.17) is 5.73 Å². The highest BCUT2D eigenvalue weighted by atomic mass is 14.9. The summed E-state index contributed by atoms with van der Waals surface area (Å²) in [4.78, 5) is 0. The van der Waals surface area contributed by atoms with Gasteiger partial charge in [-0.15, -0.1) is 0 Å². The number of hydrogen-bond acceptors (Lipinski definition) is 2. The minimum Gasteiger partial charge on any atom is -0.330 e. The monoisotopic (exact) mass is 162 g/mol. The van der Waals surface area contributed by atoms with Gasteiger partial charge in [0.1, 0.15) is 0 Å². The van der Waals surface area contributed by atoms with E-state index in [2.05, 4.69) is 19.2 Å². The molecule has 11 heavy (non-hydrogen) atoms. The first-order valence-electron chi connectivity index (χ1n) is 4.72. The van der Waals surface area contributed by atoms with Gasteiger partial charge in [0.15, 0.2) is 0 Å². The van der Waals surface area contributed by atoms with Gasteiger partial charge in [0.2, 0.25) is 0 Å². The zero-order valence-corrected chi connectivity index (χ0v) is 8.48. The van der Waals surface area contributed by atoms with Crippen LogP contribution in [-0.4, -0.2) is 19.6 Å². The predicted octanol–water partition coefficient (Wildman–Crippen LogP) is 1.85. The van der Waals surface area contributed by atoms with E-state index in [1.165, 1.54) is 6.42 Å². The molecule has 1 unspecified atom stereocenters. The maximum absolute atomic E-state index is 5.41. The van der Waals surface area contributed by atoms with Gasteiger partial charge in [0.05, 0.1) is 0 Å². The lowest BCUT2D eigenvalue weighted by Gasteiger charge is -2.07. The van der Waals surface area contributed by atoms with E-state index >= 15 is 0 Å². The van der Waals surface area contributed by atoms with Crippen molar-refractivity contribution in [1.29, 1.82) is 0 Å². The van der Waals surface area contributed by atoms with Crippen LogP contribution in [0.4, 0.5) is 0 Å². The topological polar surface area (TPSA) is 38.0 Å². The van der Waals surface area contributed by atoms with Crippen LogP contribution >= 0.6 is 0 Å². The number of nitrogens with two attached hydrogens (primary N) is 1. The minimum atomic E-state index is 0. The molecule has 2 nitrogen and oxygen atoms in total. The molecule has 72 valence electrons. The van der Waals surface area contributed by atoms with E-state index < -0.39 is 0 Å². The maximum atomic E-state index is 5.41. The second-order valence-electron chi connectivity index (χ2n) is 2.54. The van der Waals surface area contributed by atoms with Crippen LogP contribution in [0.25, 0.3) is 0 Å². The standard InChI is InChI=1S/C7H18N2.C2H6.H2/c1-3-4-9-6-7(2)5-8;1-2;/h7,9H,3-6,8H2,1-2H3;1-2H3;1H. The molecule has 0 aliphatic rings. The van der Waals surface area contributed by atoms with Gasteiger partial charge in [-0.3, -0.25) is 0 Å². The lowest BCUT2D eigenvalue weighted by Crippen LogP contribution is -2.26. The fraction of sp³-hybridized carbons (Fsp3) is 1.00. The Bertz CT molecular complexity index is 60.5. The Morgan fingerprint density at radius 1 is 1.45 bits per heavy atom. The quantitative estimate of drug-likeness (QED) is 0.605. The second kappa shape index (κ2) is 12.6. The SMILES string of the molecule is CC.CCCNCC(C)CN.[HH]. The Kier molecular flexibility index (Phi) is 15.4. The molecule has 0 rings (SSSR count). The van der Waals surface area contributed by atoms with Gasteiger partial charge in [-0.1, -0.05) is 27.7 Å². The highest BCUT2D eigenvalue weighted by Gasteiger charge is 1.94. The van der Waals surface area contributed by atoms with Crippen LogP contribution in [0.2, 0.25) is 0 Å². The van der Waals surface area contributed by atoms with Crippen molar-refractivity contribution in [2.75, 3.05) is 19.6 Å². The average molecular weight is 162 g/mol. The molecule has 0 aromatic rings. The maximum Gasteiger partial charge on any atom is 0 e. The molecule has 0 saturated carbocycles. The molecular weight excluding hydrogens is 136 g/mol. The summed E-state index contributed by atoms with van der Waals surface area (Å²) in [6.07, 6.45) is 1.21. The number of hydrogen-bond donors (Lipinski definition) is 2. The molecule has 0 amide bonds. The third kappa shape index (κ3) is 13.0. The first kappa shape index (κ1) is 13.5. The zero-order chi connectivity index (χ0) is 9.11.